The van der Waals surface area contributed by atoms with E-state index in [2.05, 4.69) is 15.4 Å². The van der Waals surface area contributed by atoms with Crippen LogP contribution in [0.2, 0.25) is 5.02 Å². The molecule has 2 heterocycles. The summed E-state index contributed by atoms with van der Waals surface area (Å²) in [6.45, 7) is 3.80. The Hall–Kier alpha value is -3.03. The van der Waals surface area contributed by atoms with Gasteiger partial charge in [-0.05, 0) is 60.7 Å². The molecule has 29 heavy (non-hydrogen) atoms. The van der Waals surface area contributed by atoms with Crippen molar-refractivity contribution < 1.29 is 9.18 Å². The Bertz CT molecular complexity index is 1180. The number of hydrogen-bond donors (Lipinski definition) is 1. The molecule has 0 saturated carbocycles. The molecule has 146 valence electrons. The van der Waals surface area contributed by atoms with Crippen molar-refractivity contribution in [3.8, 4) is 16.4 Å². The van der Waals surface area contributed by atoms with E-state index >= 15 is 0 Å². The van der Waals surface area contributed by atoms with Crippen LogP contribution in [0.1, 0.15) is 21.7 Å². The number of nitrogens with one attached hydrogen (secondary N) is 1. The zero-order valence-electron chi connectivity index (χ0n) is 15.6. The Morgan fingerprint density at radius 1 is 1.17 bits per heavy atom. The highest BCUT2D eigenvalue weighted by atomic mass is 35.5. The molecule has 4 rings (SSSR count). The van der Waals surface area contributed by atoms with E-state index in [9.17, 15) is 9.18 Å². The summed E-state index contributed by atoms with van der Waals surface area (Å²) >= 11 is 7.75. The number of aryl methyl sites for hydroxylation is 2. The van der Waals surface area contributed by atoms with Gasteiger partial charge in [0.25, 0.3) is 5.91 Å². The lowest BCUT2D eigenvalue weighted by Gasteiger charge is -2.10. The van der Waals surface area contributed by atoms with Crippen molar-refractivity contribution in [2.45, 2.75) is 13.8 Å². The molecule has 0 radical (unpaired) electrons. The average Bonchev–Trinajstić information content (AvgIpc) is 3.33. The number of hydrogen-bond acceptors (Lipinski definition) is 4. The van der Waals surface area contributed by atoms with Gasteiger partial charge >= 0.3 is 0 Å². The molecular weight excluding hydrogens is 411 g/mol. The van der Waals surface area contributed by atoms with Gasteiger partial charge in [0.1, 0.15) is 5.82 Å². The number of anilines is 1. The van der Waals surface area contributed by atoms with Crippen LogP contribution in [0.4, 0.5) is 10.1 Å². The summed E-state index contributed by atoms with van der Waals surface area (Å²) in [5.41, 5.74) is 2.83. The van der Waals surface area contributed by atoms with E-state index in [0.29, 0.717) is 22.2 Å². The first kappa shape index (κ1) is 19.3. The highest BCUT2D eigenvalue weighted by Gasteiger charge is 2.21. The largest absolute Gasteiger partial charge is 0.318 e. The Morgan fingerprint density at radius 2 is 2.00 bits per heavy atom. The molecule has 0 aliphatic carbocycles. The standard InChI is InChI=1S/C21H16ClFN4OS/c1-12-9-13(2)18(16(22)10-12)24-21(28)19-25-20(17-7-4-8-29-17)27(26-19)15-6-3-5-14(23)11-15/h3-11H,1-2H3,(H,24,28). The van der Waals surface area contributed by atoms with E-state index in [4.69, 9.17) is 11.6 Å². The minimum Gasteiger partial charge on any atom is -0.318 e. The van der Waals surface area contributed by atoms with E-state index in [0.717, 1.165) is 16.0 Å². The predicted molar refractivity (Wildman–Crippen MR) is 114 cm³/mol. The molecule has 0 unspecified atom stereocenters. The minimum absolute atomic E-state index is 0.0336. The first-order valence-corrected chi connectivity index (χ1v) is 10.0. The molecule has 1 N–H and O–H groups in total. The molecule has 5 nitrogen and oxygen atoms in total. The summed E-state index contributed by atoms with van der Waals surface area (Å²) in [6.07, 6.45) is 0. The van der Waals surface area contributed by atoms with Crippen molar-refractivity contribution in [2.24, 2.45) is 0 Å². The molecular formula is C21H16ClFN4OS. The number of amides is 1. The maximum Gasteiger partial charge on any atom is 0.295 e. The molecule has 0 saturated heterocycles. The number of aromatic nitrogens is 3. The Balaban J connectivity index is 1.75. The number of carbonyl (C=O) groups excluding carboxylic acids is 1. The molecule has 8 heteroatoms. The normalized spacial score (nSPS) is 10.9. The van der Waals surface area contributed by atoms with Gasteiger partial charge in [0.2, 0.25) is 5.82 Å². The number of rotatable bonds is 4. The molecule has 0 atom stereocenters. The van der Waals surface area contributed by atoms with Crippen LogP contribution < -0.4 is 5.32 Å². The summed E-state index contributed by atoms with van der Waals surface area (Å²) in [5, 5.41) is 9.47. The van der Waals surface area contributed by atoms with Gasteiger partial charge in [-0.2, -0.15) is 0 Å². The summed E-state index contributed by atoms with van der Waals surface area (Å²) in [7, 11) is 0. The van der Waals surface area contributed by atoms with Gasteiger partial charge < -0.3 is 5.32 Å². The van der Waals surface area contributed by atoms with Crippen LogP contribution in [0.25, 0.3) is 16.4 Å². The SMILES string of the molecule is Cc1cc(C)c(NC(=O)c2nc(-c3cccs3)n(-c3cccc(F)c3)n2)c(Cl)c1. The molecule has 0 spiro atoms. The van der Waals surface area contributed by atoms with Gasteiger partial charge in [0.05, 0.1) is 21.3 Å². The second-order valence-electron chi connectivity index (χ2n) is 6.52. The van der Waals surface area contributed by atoms with Gasteiger partial charge in [0, 0.05) is 0 Å². The highest BCUT2D eigenvalue weighted by molar-refractivity contribution is 7.13. The van der Waals surface area contributed by atoms with Crippen molar-refractivity contribution in [3.05, 3.63) is 81.7 Å². The van der Waals surface area contributed by atoms with Crippen molar-refractivity contribution in [1.29, 1.82) is 0 Å². The van der Waals surface area contributed by atoms with Crippen molar-refractivity contribution in [3.63, 3.8) is 0 Å². The van der Waals surface area contributed by atoms with Crippen molar-refractivity contribution >= 4 is 34.5 Å². The maximum atomic E-state index is 13.7. The Labute approximate surface area is 175 Å². The van der Waals surface area contributed by atoms with E-state index < -0.39 is 11.7 Å². The van der Waals surface area contributed by atoms with Gasteiger partial charge in [-0.1, -0.05) is 29.8 Å². The zero-order chi connectivity index (χ0) is 20.5. The molecule has 0 fully saturated rings. The molecule has 2 aromatic heterocycles. The van der Waals surface area contributed by atoms with E-state index in [1.165, 1.54) is 28.2 Å². The van der Waals surface area contributed by atoms with Crippen LogP contribution in [-0.4, -0.2) is 20.7 Å². The lowest BCUT2D eigenvalue weighted by molar-refractivity contribution is 0.101. The van der Waals surface area contributed by atoms with E-state index in [1.807, 2.05) is 37.4 Å². The summed E-state index contributed by atoms with van der Waals surface area (Å²) in [5.74, 6) is -0.466. The van der Waals surface area contributed by atoms with Gasteiger partial charge in [0.15, 0.2) is 5.82 Å². The lowest BCUT2D eigenvalue weighted by atomic mass is 10.1. The Kier molecular flexibility index (Phi) is 5.17. The number of benzene rings is 2. The topological polar surface area (TPSA) is 59.8 Å². The van der Waals surface area contributed by atoms with Gasteiger partial charge in [-0.25, -0.2) is 14.1 Å². The summed E-state index contributed by atoms with van der Waals surface area (Å²) in [6, 6.07) is 13.4. The second kappa shape index (κ2) is 7.77. The number of carbonyl (C=O) groups is 1. The van der Waals surface area contributed by atoms with Gasteiger partial charge in [-0.15, -0.1) is 16.4 Å². The van der Waals surface area contributed by atoms with Crippen LogP contribution in [-0.2, 0) is 0 Å². The third-order valence-corrected chi connectivity index (χ3v) is 5.44. The Morgan fingerprint density at radius 3 is 2.69 bits per heavy atom. The first-order valence-electron chi connectivity index (χ1n) is 8.77. The highest BCUT2D eigenvalue weighted by Crippen LogP contribution is 2.29. The maximum absolute atomic E-state index is 13.7. The number of nitrogens with zero attached hydrogens (tertiary/aromatic N) is 3. The number of halogens is 2. The van der Waals surface area contributed by atoms with Gasteiger partial charge in [-0.3, -0.25) is 4.79 Å². The van der Waals surface area contributed by atoms with Crippen LogP contribution in [0.15, 0.2) is 53.9 Å². The minimum atomic E-state index is -0.494. The van der Waals surface area contributed by atoms with Crippen molar-refractivity contribution in [1.82, 2.24) is 14.8 Å². The average molecular weight is 427 g/mol. The molecule has 0 bridgehead atoms. The monoisotopic (exact) mass is 426 g/mol. The number of thiophene rings is 1. The van der Waals surface area contributed by atoms with E-state index in [-0.39, 0.29) is 5.82 Å². The molecule has 4 aromatic rings. The fraction of sp³-hybridized carbons (Fsp3) is 0.0952. The van der Waals surface area contributed by atoms with Crippen molar-refractivity contribution in [2.75, 3.05) is 5.32 Å². The third kappa shape index (κ3) is 3.92. The quantitative estimate of drug-likeness (QED) is 0.458. The van der Waals surface area contributed by atoms with E-state index in [1.54, 1.807) is 18.2 Å². The second-order valence-corrected chi connectivity index (χ2v) is 7.88. The van der Waals surface area contributed by atoms with Crippen LogP contribution in [0.5, 0.6) is 0 Å². The molecule has 0 aliphatic heterocycles. The molecule has 0 aliphatic rings. The summed E-state index contributed by atoms with van der Waals surface area (Å²) in [4.78, 5) is 18.1. The first-order chi connectivity index (χ1) is 13.9. The predicted octanol–water partition coefficient (Wildman–Crippen LogP) is 5.66. The fourth-order valence-corrected chi connectivity index (χ4v) is 4.07. The lowest BCUT2D eigenvalue weighted by Crippen LogP contribution is -2.15. The van der Waals surface area contributed by atoms with Crippen LogP contribution in [0.3, 0.4) is 0 Å². The smallest absolute Gasteiger partial charge is 0.295 e. The van der Waals surface area contributed by atoms with Crippen LogP contribution in [0, 0.1) is 19.7 Å². The molecule has 2 aromatic carbocycles. The van der Waals surface area contributed by atoms with Crippen LogP contribution >= 0.6 is 22.9 Å². The summed E-state index contributed by atoms with van der Waals surface area (Å²) < 4.78 is 15.2. The zero-order valence-corrected chi connectivity index (χ0v) is 17.2. The third-order valence-electron chi connectivity index (χ3n) is 4.27. The molecule has 1 amide bonds. The fourth-order valence-electron chi connectivity index (χ4n) is 3.00.